The quantitative estimate of drug-likeness (QED) is 0.443. The molecule has 29 heavy (non-hydrogen) atoms. The third-order valence-corrected chi connectivity index (χ3v) is 8.33. The highest BCUT2D eigenvalue weighted by molar-refractivity contribution is 5.73. The Morgan fingerprint density at radius 1 is 0.655 bits per heavy atom. The Kier molecular flexibility index (Phi) is 4.31. The van der Waals surface area contributed by atoms with E-state index < -0.39 is 0 Å². The van der Waals surface area contributed by atoms with Crippen LogP contribution >= 0.6 is 0 Å². The van der Waals surface area contributed by atoms with Crippen LogP contribution in [0.5, 0.6) is 0 Å². The van der Waals surface area contributed by atoms with Crippen LogP contribution in [-0.2, 0) is 10.8 Å². The number of aromatic nitrogens is 1. The first kappa shape index (κ1) is 19.9. The maximum absolute atomic E-state index is 4.87. The van der Waals surface area contributed by atoms with E-state index in [0.717, 1.165) is 5.69 Å². The first-order valence-electron chi connectivity index (χ1n) is 10.7. The normalized spacial score (nSPS) is 18.5. The van der Waals surface area contributed by atoms with E-state index in [-0.39, 0.29) is 16.2 Å². The summed E-state index contributed by atoms with van der Waals surface area (Å²) in [7, 11) is 0. The molecule has 4 rings (SSSR count). The van der Waals surface area contributed by atoms with Gasteiger partial charge in [-0.25, -0.2) is 0 Å². The van der Waals surface area contributed by atoms with Crippen molar-refractivity contribution >= 4 is 0 Å². The van der Waals surface area contributed by atoms with Gasteiger partial charge in [-0.1, -0.05) is 77.9 Å². The Bertz CT molecular complexity index is 1100. The number of rotatable bonds is 2. The molecule has 0 fully saturated rings. The van der Waals surface area contributed by atoms with Crippen LogP contribution in [0.1, 0.15) is 63.8 Å². The van der Waals surface area contributed by atoms with E-state index in [2.05, 4.69) is 104 Å². The van der Waals surface area contributed by atoms with Gasteiger partial charge in [0.1, 0.15) is 0 Å². The molecule has 1 heteroatoms. The van der Waals surface area contributed by atoms with Crippen molar-refractivity contribution in [2.24, 2.45) is 5.41 Å². The second-order valence-electron chi connectivity index (χ2n) is 10.3. The third-order valence-electron chi connectivity index (χ3n) is 8.33. The smallest absolute Gasteiger partial charge is 0.0705 e. The Balaban J connectivity index is 1.81. The summed E-state index contributed by atoms with van der Waals surface area (Å²) in [6.07, 6.45) is 2.04. The van der Waals surface area contributed by atoms with Gasteiger partial charge in [0, 0.05) is 17.3 Å². The van der Waals surface area contributed by atoms with Crippen molar-refractivity contribution in [3.63, 3.8) is 0 Å². The predicted octanol–water partition coefficient (Wildman–Crippen LogP) is 7.63. The van der Waals surface area contributed by atoms with Crippen LogP contribution in [0.3, 0.4) is 0 Å². The number of benzene rings is 2. The van der Waals surface area contributed by atoms with Crippen molar-refractivity contribution in [2.45, 2.75) is 66.2 Å². The molecule has 0 atom stereocenters. The minimum atomic E-state index is 0.109. The van der Waals surface area contributed by atoms with E-state index in [0.29, 0.717) is 0 Å². The molecule has 150 valence electrons. The van der Waals surface area contributed by atoms with Crippen LogP contribution < -0.4 is 0 Å². The van der Waals surface area contributed by atoms with E-state index in [1.165, 1.54) is 38.9 Å². The molecule has 0 bridgehead atoms. The third kappa shape index (κ3) is 2.70. The molecule has 0 aliphatic heterocycles. The van der Waals surface area contributed by atoms with Crippen LogP contribution in [0, 0.1) is 19.3 Å². The van der Waals surface area contributed by atoms with E-state index >= 15 is 0 Å². The first-order chi connectivity index (χ1) is 13.5. The standard InChI is InChI=1S/C28H33N/c1-18-11-9-10-12-21(18)22-17-29-25(15-19(22)2)20-13-14-23-24(16-20)27(5,6)28(7,8)26(23,3)4/h9-17H,1-8H3. The van der Waals surface area contributed by atoms with Gasteiger partial charge in [0.25, 0.3) is 0 Å². The zero-order valence-corrected chi connectivity index (χ0v) is 19.1. The van der Waals surface area contributed by atoms with Crippen molar-refractivity contribution in [1.82, 2.24) is 4.98 Å². The predicted molar refractivity (Wildman–Crippen MR) is 124 cm³/mol. The monoisotopic (exact) mass is 383 g/mol. The zero-order chi connectivity index (χ0) is 21.2. The summed E-state index contributed by atoms with van der Waals surface area (Å²) in [5.74, 6) is 0. The Labute approximate surface area is 176 Å². The zero-order valence-electron chi connectivity index (χ0n) is 19.1. The topological polar surface area (TPSA) is 12.9 Å². The molecule has 1 heterocycles. The number of nitrogens with zero attached hydrogens (tertiary/aromatic N) is 1. The molecule has 1 nitrogen and oxygen atoms in total. The molecular formula is C28H33N. The van der Waals surface area contributed by atoms with E-state index in [1.54, 1.807) is 0 Å². The SMILES string of the molecule is Cc1ccccc1-c1cnc(-c2ccc3c(c2)C(C)(C)C(C)(C)C3(C)C)cc1C. The van der Waals surface area contributed by atoms with Crippen LogP contribution in [0.25, 0.3) is 22.4 Å². The molecular weight excluding hydrogens is 350 g/mol. The van der Waals surface area contributed by atoms with E-state index in [1.807, 2.05) is 6.20 Å². The largest absolute Gasteiger partial charge is 0.256 e. The number of pyridine rings is 1. The molecule has 0 unspecified atom stereocenters. The minimum Gasteiger partial charge on any atom is -0.256 e. The average Bonchev–Trinajstić information content (AvgIpc) is 2.77. The van der Waals surface area contributed by atoms with Gasteiger partial charge in [0.15, 0.2) is 0 Å². The van der Waals surface area contributed by atoms with Gasteiger partial charge in [-0.3, -0.25) is 4.98 Å². The minimum absolute atomic E-state index is 0.109. The van der Waals surface area contributed by atoms with E-state index in [9.17, 15) is 0 Å². The molecule has 0 saturated heterocycles. The molecule has 3 aromatic rings. The molecule has 0 spiro atoms. The summed E-state index contributed by atoms with van der Waals surface area (Å²) in [6, 6.07) is 17.8. The van der Waals surface area contributed by atoms with Gasteiger partial charge in [-0.2, -0.15) is 0 Å². The van der Waals surface area contributed by atoms with Crippen LogP contribution in [-0.4, -0.2) is 4.98 Å². The molecule has 1 aliphatic rings. The van der Waals surface area contributed by atoms with Crippen molar-refractivity contribution in [3.8, 4) is 22.4 Å². The maximum Gasteiger partial charge on any atom is 0.0705 e. The summed E-state index contributed by atoms with van der Waals surface area (Å²) in [4.78, 5) is 4.87. The molecule has 1 aliphatic carbocycles. The molecule has 0 saturated carbocycles. The fourth-order valence-corrected chi connectivity index (χ4v) is 5.09. The lowest BCUT2D eigenvalue weighted by molar-refractivity contribution is 0.125. The van der Waals surface area contributed by atoms with Crippen LogP contribution in [0.4, 0.5) is 0 Å². The van der Waals surface area contributed by atoms with Crippen LogP contribution in [0.15, 0.2) is 54.7 Å². The molecule has 0 radical (unpaired) electrons. The molecule has 0 N–H and O–H groups in total. The van der Waals surface area contributed by atoms with E-state index in [4.69, 9.17) is 4.98 Å². The highest BCUT2D eigenvalue weighted by atomic mass is 14.7. The van der Waals surface area contributed by atoms with Gasteiger partial charge < -0.3 is 0 Å². The molecule has 0 amide bonds. The molecule has 2 aromatic carbocycles. The van der Waals surface area contributed by atoms with Gasteiger partial charge in [0.2, 0.25) is 0 Å². The van der Waals surface area contributed by atoms with Crippen molar-refractivity contribution in [3.05, 3.63) is 77.0 Å². The van der Waals surface area contributed by atoms with Crippen molar-refractivity contribution < 1.29 is 0 Å². The highest BCUT2D eigenvalue weighted by Gasteiger charge is 2.56. The second-order valence-corrected chi connectivity index (χ2v) is 10.3. The number of fused-ring (bicyclic) bond motifs is 1. The number of aryl methyl sites for hydroxylation is 2. The lowest BCUT2D eigenvalue weighted by atomic mass is 9.59. The Hall–Kier alpha value is -2.41. The highest BCUT2D eigenvalue weighted by Crippen LogP contribution is 2.61. The number of hydrogen-bond donors (Lipinski definition) is 0. The summed E-state index contributed by atoms with van der Waals surface area (Å²) >= 11 is 0. The van der Waals surface area contributed by atoms with Crippen molar-refractivity contribution in [1.29, 1.82) is 0 Å². The van der Waals surface area contributed by atoms with Crippen LogP contribution in [0.2, 0.25) is 0 Å². The van der Waals surface area contributed by atoms with Gasteiger partial charge in [0.05, 0.1) is 5.69 Å². The van der Waals surface area contributed by atoms with Gasteiger partial charge >= 0.3 is 0 Å². The fourth-order valence-electron chi connectivity index (χ4n) is 5.09. The Morgan fingerprint density at radius 3 is 1.97 bits per heavy atom. The number of hydrogen-bond acceptors (Lipinski definition) is 1. The summed E-state index contributed by atoms with van der Waals surface area (Å²) < 4.78 is 0. The lowest BCUT2D eigenvalue weighted by Gasteiger charge is -2.44. The maximum atomic E-state index is 4.87. The summed E-state index contributed by atoms with van der Waals surface area (Å²) in [5.41, 5.74) is 10.7. The summed E-state index contributed by atoms with van der Waals surface area (Å²) in [6.45, 7) is 18.7. The van der Waals surface area contributed by atoms with Gasteiger partial charge in [-0.15, -0.1) is 0 Å². The summed E-state index contributed by atoms with van der Waals surface area (Å²) in [5, 5.41) is 0. The second kappa shape index (κ2) is 6.29. The van der Waals surface area contributed by atoms with Crippen molar-refractivity contribution in [2.75, 3.05) is 0 Å². The lowest BCUT2D eigenvalue weighted by Crippen LogP contribution is -2.42. The van der Waals surface area contributed by atoms with Gasteiger partial charge in [-0.05, 0) is 70.0 Å². The Morgan fingerprint density at radius 2 is 1.31 bits per heavy atom. The fraction of sp³-hybridized carbons (Fsp3) is 0.393. The average molecular weight is 384 g/mol. The first-order valence-corrected chi connectivity index (χ1v) is 10.7. The molecule has 1 aromatic heterocycles.